The number of rotatable bonds is 2. The molecular weight excluding hydrogens is 513 g/mol. The van der Waals surface area contributed by atoms with Crippen LogP contribution in [0.1, 0.15) is 25.0 Å². The lowest BCUT2D eigenvalue weighted by molar-refractivity contribution is 0.0468. The van der Waals surface area contributed by atoms with E-state index in [1.165, 1.54) is 0 Å². The Morgan fingerprint density at radius 3 is 2.19 bits per heavy atom. The molecule has 0 unspecified atom stereocenters. The maximum atomic E-state index is 13.1. The maximum Gasteiger partial charge on any atom is 0.369 e. The van der Waals surface area contributed by atoms with E-state index < -0.39 is 7.60 Å². The van der Waals surface area contributed by atoms with Crippen molar-refractivity contribution in [2.45, 2.75) is 20.8 Å². The molecule has 1 fully saturated rings. The zero-order chi connectivity index (χ0) is 15.7. The fourth-order valence-electron chi connectivity index (χ4n) is 1.83. The second-order valence-corrected chi connectivity index (χ2v) is 12.0. The van der Waals surface area contributed by atoms with Gasteiger partial charge in [0.25, 0.3) is 0 Å². The third kappa shape index (κ3) is 4.66. The number of halogens is 2. The average molecular weight is 530 g/mol. The highest BCUT2D eigenvalue weighted by atomic mass is 127. The first-order valence-corrected chi connectivity index (χ1v) is 10.2. The molecular formula is C15H17I2O3P. The minimum Gasteiger partial charge on any atom is -0.304 e. The molecule has 1 aromatic rings. The van der Waals surface area contributed by atoms with Crippen molar-refractivity contribution in [1.82, 2.24) is 0 Å². The largest absolute Gasteiger partial charge is 0.369 e. The van der Waals surface area contributed by atoms with Gasteiger partial charge in [-0.25, -0.2) is 0 Å². The highest BCUT2D eigenvalue weighted by Crippen LogP contribution is 2.63. The Bertz CT molecular complexity index is 625. The molecule has 1 saturated heterocycles. The monoisotopic (exact) mass is 530 g/mol. The molecule has 0 spiro atoms. The van der Waals surface area contributed by atoms with Crippen molar-refractivity contribution >= 4 is 58.1 Å². The van der Waals surface area contributed by atoms with E-state index in [1.807, 2.05) is 45.0 Å². The van der Waals surface area contributed by atoms with Gasteiger partial charge in [0.15, 0.2) is 0 Å². The fraction of sp³-hybridized carbons (Fsp3) is 0.400. The van der Waals surface area contributed by atoms with Crippen LogP contribution in [0.2, 0.25) is 0 Å². The lowest BCUT2D eigenvalue weighted by atomic mass is 9.97. The molecule has 0 atom stereocenters. The summed E-state index contributed by atoms with van der Waals surface area (Å²) in [5.74, 6) is 0. The van der Waals surface area contributed by atoms with Crippen LogP contribution in [-0.4, -0.2) is 13.2 Å². The third-order valence-electron chi connectivity index (χ3n) is 3.06. The van der Waals surface area contributed by atoms with Crippen molar-refractivity contribution < 1.29 is 13.6 Å². The molecule has 21 heavy (non-hydrogen) atoms. The predicted octanol–water partition coefficient (Wildman–Crippen LogP) is 5.91. The smallest absolute Gasteiger partial charge is 0.304 e. The van der Waals surface area contributed by atoms with Gasteiger partial charge in [0.2, 0.25) is 0 Å². The Morgan fingerprint density at radius 2 is 1.71 bits per heavy atom. The summed E-state index contributed by atoms with van der Waals surface area (Å²) < 4.78 is 25.2. The Kier molecular flexibility index (Phi) is 5.77. The van der Waals surface area contributed by atoms with Crippen LogP contribution in [0.5, 0.6) is 0 Å². The summed E-state index contributed by atoms with van der Waals surface area (Å²) in [6.07, 6.45) is 0. The van der Waals surface area contributed by atoms with Gasteiger partial charge in [0.1, 0.15) is 5.31 Å². The summed E-state index contributed by atoms with van der Waals surface area (Å²) in [5, 5.41) is 0.511. The van der Waals surface area contributed by atoms with Gasteiger partial charge in [-0.05, 0) is 57.7 Å². The number of hydrogen-bond acceptors (Lipinski definition) is 3. The molecule has 2 rings (SSSR count). The second kappa shape index (κ2) is 6.85. The maximum absolute atomic E-state index is 13.1. The minimum atomic E-state index is -3.32. The molecule has 0 bridgehead atoms. The fourth-order valence-corrected chi connectivity index (χ4v) is 4.88. The summed E-state index contributed by atoms with van der Waals surface area (Å²) in [7, 11) is -3.32. The number of benzene rings is 1. The van der Waals surface area contributed by atoms with Crippen LogP contribution in [0.4, 0.5) is 0 Å². The molecule has 1 aliphatic rings. The Hall–Kier alpha value is 0.350. The minimum absolute atomic E-state index is 0.118. The summed E-state index contributed by atoms with van der Waals surface area (Å²) in [6.45, 7) is 6.91. The first-order chi connectivity index (χ1) is 9.72. The van der Waals surface area contributed by atoms with E-state index >= 15 is 0 Å². The van der Waals surface area contributed by atoms with E-state index in [4.69, 9.17) is 9.05 Å². The van der Waals surface area contributed by atoms with Crippen LogP contribution >= 0.6 is 52.8 Å². The zero-order valence-electron chi connectivity index (χ0n) is 12.2. The molecule has 3 nitrogen and oxygen atoms in total. The first kappa shape index (κ1) is 17.7. The lowest BCUT2D eigenvalue weighted by Gasteiger charge is -2.34. The predicted molar refractivity (Wildman–Crippen MR) is 103 cm³/mol. The van der Waals surface area contributed by atoms with Crippen molar-refractivity contribution in [1.29, 1.82) is 0 Å². The van der Waals surface area contributed by atoms with E-state index in [2.05, 4.69) is 50.9 Å². The van der Waals surface area contributed by atoms with E-state index in [0.29, 0.717) is 18.5 Å². The Labute approximate surface area is 153 Å². The molecule has 0 saturated carbocycles. The van der Waals surface area contributed by atoms with Gasteiger partial charge in [-0.2, -0.15) is 0 Å². The molecule has 0 amide bonds. The van der Waals surface area contributed by atoms with E-state index in [-0.39, 0.29) is 5.41 Å². The van der Waals surface area contributed by atoms with Crippen molar-refractivity contribution in [2.75, 3.05) is 13.2 Å². The molecule has 0 aliphatic carbocycles. The SMILES string of the molecule is Cc1ccc(C(=C=C(I)I)P2(=O)OCC(C)(C)CO2)cc1. The third-order valence-corrected chi connectivity index (χ3v) is 5.46. The van der Waals surface area contributed by atoms with Crippen molar-refractivity contribution in [3.8, 4) is 0 Å². The van der Waals surface area contributed by atoms with Crippen molar-refractivity contribution in [3.05, 3.63) is 42.7 Å². The van der Waals surface area contributed by atoms with Gasteiger partial charge >= 0.3 is 7.60 Å². The van der Waals surface area contributed by atoms with Gasteiger partial charge in [-0.15, -0.1) is 0 Å². The van der Waals surface area contributed by atoms with Crippen LogP contribution in [0.3, 0.4) is 0 Å². The average Bonchev–Trinajstić information content (AvgIpc) is 2.41. The van der Waals surface area contributed by atoms with Gasteiger partial charge in [-0.1, -0.05) is 49.4 Å². The van der Waals surface area contributed by atoms with Gasteiger partial charge in [0.05, 0.1) is 14.8 Å². The summed E-state index contributed by atoms with van der Waals surface area (Å²) in [6, 6.07) is 7.83. The summed E-state index contributed by atoms with van der Waals surface area (Å²) in [4.78, 5) is 0. The molecule has 0 N–H and O–H groups in total. The van der Waals surface area contributed by atoms with Crippen LogP contribution in [0.15, 0.2) is 31.6 Å². The van der Waals surface area contributed by atoms with E-state index in [1.54, 1.807) is 0 Å². The van der Waals surface area contributed by atoms with E-state index in [9.17, 15) is 4.57 Å². The van der Waals surface area contributed by atoms with Crippen LogP contribution in [0.25, 0.3) is 5.31 Å². The highest BCUT2D eigenvalue weighted by Gasteiger charge is 2.40. The van der Waals surface area contributed by atoms with Crippen LogP contribution in [-0.2, 0) is 13.6 Å². The standard InChI is InChI=1S/C15H17I2O3P/c1-11-4-6-12(7-5-11)13(8-14(16)17)21(18)19-9-15(2,3)10-20-21/h4-7H,9-10H2,1-3H3. The molecule has 1 aliphatic heterocycles. The Balaban J connectivity index is 2.46. The van der Waals surface area contributed by atoms with Crippen LogP contribution in [0, 0.1) is 12.3 Å². The molecule has 0 radical (unpaired) electrons. The van der Waals surface area contributed by atoms with Crippen LogP contribution < -0.4 is 0 Å². The Morgan fingerprint density at radius 1 is 1.19 bits per heavy atom. The lowest BCUT2D eigenvalue weighted by Crippen LogP contribution is -2.29. The molecule has 114 valence electrons. The van der Waals surface area contributed by atoms with Gasteiger partial charge < -0.3 is 9.05 Å². The van der Waals surface area contributed by atoms with Gasteiger partial charge in [-0.3, -0.25) is 4.57 Å². The second-order valence-electron chi connectivity index (χ2n) is 5.81. The van der Waals surface area contributed by atoms with E-state index in [0.717, 1.165) is 12.7 Å². The quantitative estimate of drug-likeness (QED) is 0.271. The van der Waals surface area contributed by atoms with Crippen molar-refractivity contribution in [3.63, 3.8) is 0 Å². The summed E-state index contributed by atoms with van der Waals surface area (Å²) in [5.41, 5.74) is 5.01. The number of hydrogen-bond donors (Lipinski definition) is 0. The van der Waals surface area contributed by atoms with Gasteiger partial charge in [0, 0.05) is 5.41 Å². The normalized spacial score (nSPS) is 19.7. The molecule has 1 aromatic carbocycles. The van der Waals surface area contributed by atoms with Crippen molar-refractivity contribution in [2.24, 2.45) is 5.41 Å². The summed E-state index contributed by atoms with van der Waals surface area (Å²) >= 11 is 4.28. The topological polar surface area (TPSA) is 35.5 Å². The first-order valence-electron chi connectivity index (χ1n) is 6.51. The molecule has 1 heterocycles. The number of aryl methyl sites for hydroxylation is 1. The zero-order valence-corrected chi connectivity index (χ0v) is 17.4. The molecule has 6 heteroatoms. The molecule has 0 aromatic heterocycles. The highest BCUT2D eigenvalue weighted by molar-refractivity contribution is 14.2.